The van der Waals surface area contributed by atoms with Gasteiger partial charge < -0.3 is 9.47 Å². The van der Waals surface area contributed by atoms with Gasteiger partial charge in [-0.15, -0.1) is 0 Å². The van der Waals surface area contributed by atoms with E-state index in [2.05, 4.69) is 5.32 Å². The van der Waals surface area contributed by atoms with E-state index >= 15 is 0 Å². The molecule has 0 saturated carbocycles. The van der Waals surface area contributed by atoms with Crippen LogP contribution in [0.2, 0.25) is 0 Å². The molecule has 3 aromatic rings. The van der Waals surface area contributed by atoms with Crippen LogP contribution in [0, 0.1) is 0 Å². The van der Waals surface area contributed by atoms with Gasteiger partial charge >= 0.3 is 10.4 Å². The Morgan fingerprint density at radius 3 is 2.17 bits per heavy atom. The van der Waals surface area contributed by atoms with Crippen LogP contribution in [0.4, 0.5) is 0 Å². The predicted molar refractivity (Wildman–Crippen MR) is 140 cm³/mol. The van der Waals surface area contributed by atoms with Crippen LogP contribution in [0.5, 0.6) is 11.5 Å². The summed E-state index contributed by atoms with van der Waals surface area (Å²) < 4.78 is 49.5. The number of para-hydroxylation sites is 1. The van der Waals surface area contributed by atoms with Gasteiger partial charge in [0, 0.05) is 5.54 Å². The first-order valence-corrected chi connectivity index (χ1v) is 13.2. The van der Waals surface area contributed by atoms with Gasteiger partial charge in [0.05, 0.1) is 7.11 Å². The Labute approximate surface area is 214 Å². The maximum Gasteiger partial charge on any atom is 0.399 e. The minimum absolute atomic E-state index is 0.413. The molecule has 0 aromatic heterocycles. The maximum absolute atomic E-state index is 11.8. The second-order valence-electron chi connectivity index (χ2n) is 9.52. The average molecular weight is 514 g/mol. The Morgan fingerprint density at radius 1 is 0.889 bits per heavy atom. The molecule has 0 aliphatic carbocycles. The Balaban J connectivity index is 1.70. The lowest BCUT2D eigenvalue weighted by atomic mass is 9.92. The molecule has 8 heteroatoms. The molecule has 7 nitrogen and oxygen atoms in total. The number of rotatable bonds is 13. The van der Waals surface area contributed by atoms with E-state index in [0.29, 0.717) is 24.3 Å². The summed E-state index contributed by atoms with van der Waals surface area (Å²) >= 11 is 0. The second-order valence-corrected chi connectivity index (χ2v) is 10.5. The van der Waals surface area contributed by atoms with E-state index in [1.165, 1.54) is 0 Å². The van der Waals surface area contributed by atoms with Crippen molar-refractivity contribution in [3.05, 3.63) is 95.6 Å². The lowest BCUT2D eigenvalue weighted by Gasteiger charge is -2.38. The molecule has 0 radical (unpaired) electrons. The highest BCUT2D eigenvalue weighted by Crippen LogP contribution is 2.31. The highest BCUT2D eigenvalue weighted by atomic mass is 32.3. The summed E-state index contributed by atoms with van der Waals surface area (Å²) in [5.41, 5.74) is 0.658. The van der Waals surface area contributed by atoms with Crippen molar-refractivity contribution in [2.24, 2.45) is 0 Å². The largest absolute Gasteiger partial charge is 0.496 e. The quantitative estimate of drug-likeness (QED) is 0.225. The van der Waals surface area contributed by atoms with Crippen LogP contribution in [-0.4, -0.2) is 25.6 Å². The average Bonchev–Trinajstić information content (AvgIpc) is 2.82. The van der Waals surface area contributed by atoms with Crippen molar-refractivity contribution < 1.29 is 26.6 Å². The topological polar surface area (TPSA) is 94.1 Å². The predicted octanol–water partition coefficient (Wildman–Crippen LogP) is 5.66. The molecule has 0 aliphatic rings. The maximum atomic E-state index is 11.8. The molecule has 0 amide bonds. The molecule has 0 aliphatic heterocycles. The Hall–Kier alpha value is -2.91. The Bertz CT molecular complexity index is 1210. The van der Waals surface area contributed by atoms with Gasteiger partial charge in [0.25, 0.3) is 0 Å². The van der Waals surface area contributed by atoms with E-state index in [1.54, 1.807) is 38.3 Å². The fourth-order valence-electron chi connectivity index (χ4n) is 4.30. The first kappa shape index (κ1) is 27.7. The number of hydrogen-bond acceptors (Lipinski definition) is 6. The molecule has 0 heterocycles. The highest BCUT2D eigenvalue weighted by molar-refractivity contribution is 7.80. The monoisotopic (exact) mass is 513 g/mol. The first-order valence-electron chi connectivity index (χ1n) is 11.9. The standard InChI is InChI=1S/C28H35NO6S/c1-27(2,20-10-14-23-13-8-9-15-26(23)33-4)29-28(3,35-36(30,31)32)24-16-18-25(19-17-24)34-21-22-11-6-5-7-12-22/h5-9,11-13,15-19,29H,10,14,20-21H2,1-4H3,(H,30,31,32). The molecule has 1 atom stereocenters. The summed E-state index contributed by atoms with van der Waals surface area (Å²) in [6.07, 6.45) is 2.35. The third-order valence-electron chi connectivity index (χ3n) is 5.94. The third kappa shape index (κ3) is 8.34. The summed E-state index contributed by atoms with van der Waals surface area (Å²) in [6, 6.07) is 24.6. The number of methoxy groups -OCH3 is 1. The molecule has 2 N–H and O–H groups in total. The SMILES string of the molecule is COc1ccccc1CCCC(C)(C)NC(C)(OS(=O)(=O)O)c1ccc(OCc2ccccc2)cc1. The number of benzene rings is 3. The number of aryl methyl sites for hydroxylation is 1. The van der Waals surface area contributed by atoms with Crippen molar-refractivity contribution in [2.45, 2.75) is 57.9 Å². The van der Waals surface area contributed by atoms with E-state index in [1.807, 2.05) is 68.4 Å². The van der Waals surface area contributed by atoms with Crippen LogP contribution < -0.4 is 14.8 Å². The molecule has 1 unspecified atom stereocenters. The van der Waals surface area contributed by atoms with Gasteiger partial charge in [0.2, 0.25) is 0 Å². The van der Waals surface area contributed by atoms with Crippen molar-refractivity contribution in [3.8, 4) is 11.5 Å². The third-order valence-corrected chi connectivity index (χ3v) is 6.49. The van der Waals surface area contributed by atoms with Gasteiger partial charge in [-0.25, -0.2) is 4.18 Å². The Morgan fingerprint density at radius 2 is 1.53 bits per heavy atom. The van der Waals surface area contributed by atoms with Crippen molar-refractivity contribution in [1.82, 2.24) is 5.32 Å². The van der Waals surface area contributed by atoms with Crippen molar-refractivity contribution >= 4 is 10.4 Å². The fraction of sp³-hybridized carbons (Fsp3) is 0.357. The van der Waals surface area contributed by atoms with Crippen LogP contribution in [0.1, 0.15) is 50.3 Å². The fourth-order valence-corrected chi connectivity index (χ4v) is 4.86. The van der Waals surface area contributed by atoms with Gasteiger partial charge in [-0.2, -0.15) is 8.42 Å². The number of ether oxygens (including phenoxy) is 2. The Kier molecular flexibility index (Phi) is 9.13. The zero-order valence-corrected chi connectivity index (χ0v) is 22.0. The second kappa shape index (κ2) is 11.9. The van der Waals surface area contributed by atoms with Crippen molar-refractivity contribution in [2.75, 3.05) is 7.11 Å². The molecule has 0 spiro atoms. The van der Waals surface area contributed by atoms with Crippen LogP contribution in [0.3, 0.4) is 0 Å². The highest BCUT2D eigenvalue weighted by Gasteiger charge is 2.37. The molecule has 3 aromatic carbocycles. The van der Waals surface area contributed by atoms with E-state index in [4.69, 9.17) is 13.7 Å². The zero-order chi connectivity index (χ0) is 26.2. The molecular formula is C28H35NO6S. The molecular weight excluding hydrogens is 478 g/mol. The molecule has 36 heavy (non-hydrogen) atoms. The molecule has 0 bridgehead atoms. The summed E-state index contributed by atoms with van der Waals surface area (Å²) in [5.74, 6) is 1.48. The van der Waals surface area contributed by atoms with Gasteiger partial charge in [0.1, 0.15) is 18.1 Å². The first-order chi connectivity index (χ1) is 17.0. The van der Waals surface area contributed by atoms with E-state index in [9.17, 15) is 13.0 Å². The van der Waals surface area contributed by atoms with Crippen LogP contribution >= 0.6 is 0 Å². The van der Waals surface area contributed by atoms with Gasteiger partial charge in [-0.05, 0) is 74.9 Å². The molecule has 0 fully saturated rings. The van der Waals surface area contributed by atoms with Crippen LogP contribution in [0.25, 0.3) is 0 Å². The van der Waals surface area contributed by atoms with Gasteiger partial charge in [0.15, 0.2) is 5.72 Å². The van der Waals surface area contributed by atoms with E-state index in [-0.39, 0.29) is 0 Å². The van der Waals surface area contributed by atoms with Gasteiger partial charge in [-0.1, -0.05) is 60.7 Å². The van der Waals surface area contributed by atoms with E-state index in [0.717, 1.165) is 29.7 Å². The normalized spacial score (nSPS) is 13.7. The number of nitrogens with one attached hydrogen (secondary N) is 1. The smallest absolute Gasteiger partial charge is 0.399 e. The van der Waals surface area contributed by atoms with Crippen molar-refractivity contribution in [1.29, 1.82) is 0 Å². The molecule has 194 valence electrons. The van der Waals surface area contributed by atoms with Crippen LogP contribution in [-0.2, 0) is 33.3 Å². The summed E-state index contributed by atoms with van der Waals surface area (Å²) in [4.78, 5) is 0. The molecule has 0 saturated heterocycles. The summed E-state index contributed by atoms with van der Waals surface area (Å²) in [6.45, 7) is 5.94. The van der Waals surface area contributed by atoms with Gasteiger partial charge in [-0.3, -0.25) is 9.87 Å². The summed E-state index contributed by atoms with van der Waals surface area (Å²) in [7, 11) is -3.09. The zero-order valence-electron chi connectivity index (χ0n) is 21.2. The van der Waals surface area contributed by atoms with Crippen molar-refractivity contribution in [3.63, 3.8) is 0 Å². The van der Waals surface area contributed by atoms with E-state index < -0.39 is 21.7 Å². The van der Waals surface area contributed by atoms with Crippen LogP contribution in [0.15, 0.2) is 78.9 Å². The lowest BCUT2D eigenvalue weighted by Crippen LogP contribution is -2.54. The lowest BCUT2D eigenvalue weighted by molar-refractivity contribution is 0.0123. The number of hydrogen-bond donors (Lipinski definition) is 2. The molecule has 3 rings (SSSR count). The minimum Gasteiger partial charge on any atom is -0.496 e. The summed E-state index contributed by atoms with van der Waals surface area (Å²) in [5, 5.41) is 3.30. The minimum atomic E-state index is -4.74.